The zero-order valence-corrected chi connectivity index (χ0v) is 14.9. The van der Waals surface area contributed by atoms with Crippen molar-refractivity contribution in [1.29, 1.82) is 0 Å². The van der Waals surface area contributed by atoms with E-state index in [2.05, 4.69) is 16.7 Å². The number of carbonyl (C=O) groups is 2. The molecular weight excluding hydrogens is 362 g/mol. The van der Waals surface area contributed by atoms with E-state index in [0.29, 0.717) is 18.3 Å². The van der Waals surface area contributed by atoms with E-state index in [-0.39, 0.29) is 12.0 Å². The normalized spacial score (nSPS) is 10.8. The Hall–Kier alpha value is -3.78. The van der Waals surface area contributed by atoms with E-state index in [1.165, 1.54) is 6.08 Å². The monoisotopic (exact) mass is 381 g/mol. The minimum atomic E-state index is -1.26. The van der Waals surface area contributed by atoms with Crippen molar-refractivity contribution in [3.05, 3.63) is 72.5 Å². The lowest BCUT2D eigenvalue weighted by Crippen LogP contribution is -2.02. The van der Waals surface area contributed by atoms with Gasteiger partial charge in [0.25, 0.3) is 5.71 Å². The maximum absolute atomic E-state index is 10.2. The van der Waals surface area contributed by atoms with Gasteiger partial charge in [-0.05, 0) is 24.1 Å². The summed E-state index contributed by atoms with van der Waals surface area (Å²) in [7, 11) is 0. The molecule has 0 radical (unpaired) electrons. The molecule has 0 fully saturated rings. The van der Waals surface area contributed by atoms with Crippen molar-refractivity contribution >= 4 is 23.0 Å². The first-order valence-corrected chi connectivity index (χ1v) is 8.24. The van der Waals surface area contributed by atoms with Crippen LogP contribution in [0, 0.1) is 0 Å². The van der Waals surface area contributed by atoms with Crippen molar-refractivity contribution in [2.75, 3.05) is 0 Å². The highest BCUT2D eigenvalue weighted by Crippen LogP contribution is 2.28. The Morgan fingerprint density at radius 3 is 2.57 bits per heavy atom. The second-order valence-corrected chi connectivity index (χ2v) is 5.55. The van der Waals surface area contributed by atoms with Crippen LogP contribution in [-0.4, -0.2) is 32.3 Å². The second-order valence-electron chi connectivity index (χ2n) is 5.55. The number of rotatable bonds is 6. The molecule has 28 heavy (non-hydrogen) atoms. The fourth-order valence-electron chi connectivity index (χ4n) is 2.42. The molecule has 8 nitrogen and oxygen atoms in total. The van der Waals surface area contributed by atoms with Crippen LogP contribution in [0.1, 0.15) is 12.0 Å². The van der Waals surface area contributed by atoms with Gasteiger partial charge < -0.3 is 20.5 Å². The quantitative estimate of drug-likeness (QED) is 0.437. The summed E-state index contributed by atoms with van der Waals surface area (Å²) in [6.45, 7) is 3.77. The van der Waals surface area contributed by atoms with E-state index in [1.807, 2.05) is 36.4 Å². The molecule has 0 amide bonds. The third-order valence-electron chi connectivity index (χ3n) is 3.68. The average molecular weight is 381 g/mol. The van der Waals surface area contributed by atoms with Gasteiger partial charge >= 0.3 is 11.9 Å². The van der Waals surface area contributed by atoms with E-state index in [4.69, 9.17) is 20.5 Å². The molecule has 0 aliphatic carbocycles. The molecule has 8 heteroatoms. The summed E-state index contributed by atoms with van der Waals surface area (Å²) in [6.07, 6.45) is 3.74. The van der Waals surface area contributed by atoms with E-state index in [0.717, 1.165) is 22.2 Å². The molecule has 3 aromatic rings. The number of hydrogen-bond donors (Lipinski definition) is 3. The number of allylic oxidation sites excluding steroid dienone is 1. The van der Waals surface area contributed by atoms with Crippen molar-refractivity contribution in [3.8, 4) is 11.3 Å². The van der Waals surface area contributed by atoms with Gasteiger partial charge in [-0.1, -0.05) is 35.5 Å². The van der Waals surface area contributed by atoms with E-state index in [1.54, 1.807) is 6.20 Å². The van der Waals surface area contributed by atoms with Crippen LogP contribution < -0.4 is 5.73 Å². The summed E-state index contributed by atoms with van der Waals surface area (Å²) in [5.41, 5.74) is 8.95. The van der Waals surface area contributed by atoms with E-state index < -0.39 is 11.9 Å². The van der Waals surface area contributed by atoms with Crippen molar-refractivity contribution in [2.45, 2.75) is 13.0 Å². The van der Waals surface area contributed by atoms with Crippen molar-refractivity contribution in [3.63, 3.8) is 0 Å². The molecular formula is C20H19N3O5. The summed E-state index contributed by atoms with van der Waals surface area (Å²) in [6, 6.07) is 11.7. The third kappa shape index (κ3) is 5.12. The van der Waals surface area contributed by atoms with E-state index >= 15 is 0 Å². The van der Waals surface area contributed by atoms with Gasteiger partial charge in [-0.25, -0.2) is 14.6 Å². The van der Waals surface area contributed by atoms with Crippen LogP contribution in [0.15, 0.2) is 71.4 Å². The highest BCUT2D eigenvalue weighted by molar-refractivity contribution is 5.94. The van der Waals surface area contributed by atoms with Gasteiger partial charge in [0.2, 0.25) is 0 Å². The van der Waals surface area contributed by atoms with Gasteiger partial charge in [-0.15, -0.1) is 6.58 Å². The molecule has 2 aromatic heterocycles. The molecule has 1 aromatic carbocycles. The molecule has 0 saturated heterocycles. The SMILES string of the molecule is C=CC/C(=C/C(=O)O)C(=O)O.NCc1ccccc1-c1noc2ncccc12. The number of nitrogens with zero attached hydrogens (tertiary/aromatic N) is 2. The molecule has 0 bridgehead atoms. The molecule has 144 valence electrons. The van der Waals surface area contributed by atoms with Crippen molar-refractivity contribution in [1.82, 2.24) is 10.1 Å². The Bertz CT molecular complexity index is 1020. The minimum absolute atomic E-state index is 0.0572. The van der Waals surface area contributed by atoms with Gasteiger partial charge in [-0.2, -0.15) is 0 Å². The lowest BCUT2D eigenvalue weighted by Gasteiger charge is -2.03. The Kier molecular flexibility index (Phi) is 7.18. The van der Waals surface area contributed by atoms with Crippen LogP contribution in [0.3, 0.4) is 0 Å². The molecule has 0 aliphatic heterocycles. The number of pyridine rings is 1. The highest BCUT2D eigenvalue weighted by Gasteiger charge is 2.13. The number of fused-ring (bicyclic) bond motifs is 1. The number of carboxylic acid groups (broad SMARTS) is 2. The Labute approximate surface area is 160 Å². The van der Waals surface area contributed by atoms with Gasteiger partial charge in [0.1, 0.15) is 5.69 Å². The molecule has 0 spiro atoms. The summed E-state index contributed by atoms with van der Waals surface area (Å²) in [5.74, 6) is -2.49. The Morgan fingerprint density at radius 2 is 1.93 bits per heavy atom. The van der Waals surface area contributed by atoms with Crippen molar-refractivity contribution in [2.24, 2.45) is 5.73 Å². The first-order chi connectivity index (χ1) is 13.5. The van der Waals surface area contributed by atoms with Crippen LogP contribution in [-0.2, 0) is 16.1 Å². The lowest BCUT2D eigenvalue weighted by molar-refractivity contribution is -0.135. The molecule has 3 rings (SSSR count). The first kappa shape index (κ1) is 20.5. The molecule has 2 heterocycles. The summed E-state index contributed by atoms with van der Waals surface area (Å²) in [4.78, 5) is 24.4. The summed E-state index contributed by atoms with van der Waals surface area (Å²) < 4.78 is 5.20. The molecule has 0 atom stereocenters. The predicted molar refractivity (Wildman–Crippen MR) is 103 cm³/mol. The Balaban J connectivity index is 0.000000224. The number of benzene rings is 1. The summed E-state index contributed by atoms with van der Waals surface area (Å²) >= 11 is 0. The molecule has 0 saturated carbocycles. The fraction of sp³-hybridized carbons (Fsp3) is 0.100. The minimum Gasteiger partial charge on any atom is -0.478 e. The molecule has 0 aliphatic rings. The molecule has 0 unspecified atom stereocenters. The largest absolute Gasteiger partial charge is 0.478 e. The smallest absolute Gasteiger partial charge is 0.332 e. The maximum Gasteiger partial charge on any atom is 0.332 e. The Morgan fingerprint density at radius 1 is 1.18 bits per heavy atom. The maximum atomic E-state index is 10.2. The molecule has 4 N–H and O–H groups in total. The van der Waals surface area contributed by atoms with E-state index in [9.17, 15) is 9.59 Å². The first-order valence-electron chi connectivity index (χ1n) is 8.24. The van der Waals surface area contributed by atoms with Gasteiger partial charge in [0.05, 0.1) is 5.39 Å². The zero-order valence-electron chi connectivity index (χ0n) is 14.9. The van der Waals surface area contributed by atoms with Crippen molar-refractivity contribution < 1.29 is 24.3 Å². The number of aromatic nitrogens is 2. The lowest BCUT2D eigenvalue weighted by atomic mass is 10.0. The number of aliphatic carboxylic acids is 2. The standard InChI is InChI=1S/C13H11N3O.C7H8O4/c14-8-9-4-1-2-5-10(9)12-11-6-3-7-15-13(11)17-16-12;1-2-3-5(7(10)11)4-6(8)9/h1-7H,8,14H2;2,4H,1,3H2,(H,8,9)(H,10,11)/b;5-4-. The number of hydrogen-bond acceptors (Lipinski definition) is 6. The van der Waals surface area contributed by atoms with Crippen LogP contribution in [0.25, 0.3) is 22.4 Å². The van der Waals surface area contributed by atoms with Crippen LogP contribution >= 0.6 is 0 Å². The van der Waals surface area contributed by atoms with Crippen LogP contribution in [0.2, 0.25) is 0 Å². The van der Waals surface area contributed by atoms with Gasteiger partial charge in [-0.3, -0.25) is 0 Å². The zero-order chi connectivity index (χ0) is 20.5. The average Bonchev–Trinajstić information content (AvgIpc) is 3.11. The third-order valence-corrected chi connectivity index (χ3v) is 3.68. The number of carboxylic acids is 2. The van der Waals surface area contributed by atoms with Gasteiger partial charge in [0.15, 0.2) is 0 Å². The predicted octanol–water partition coefficient (Wildman–Crippen LogP) is 3.01. The van der Waals surface area contributed by atoms with Crippen LogP contribution in [0.4, 0.5) is 0 Å². The highest BCUT2D eigenvalue weighted by atomic mass is 16.5. The van der Waals surface area contributed by atoms with Gasteiger partial charge in [0, 0.05) is 30.0 Å². The number of nitrogens with two attached hydrogens (primary N) is 1. The fourth-order valence-corrected chi connectivity index (χ4v) is 2.42. The second kappa shape index (κ2) is 9.79. The summed E-state index contributed by atoms with van der Waals surface area (Å²) in [5, 5.41) is 21.6. The topological polar surface area (TPSA) is 140 Å². The van der Waals surface area contributed by atoms with Crippen LogP contribution in [0.5, 0.6) is 0 Å².